The van der Waals surface area contributed by atoms with Crippen LogP contribution in [0.25, 0.3) is 0 Å². The SMILES string of the molecule is COC1CC(O)(c2cc(Cl)cnc2N)C1. The zero-order valence-electron chi connectivity index (χ0n) is 8.40. The van der Waals surface area contributed by atoms with E-state index in [1.54, 1.807) is 13.2 Å². The number of methoxy groups -OCH3 is 1. The summed E-state index contributed by atoms with van der Waals surface area (Å²) in [5.74, 6) is 0.330. The quantitative estimate of drug-likeness (QED) is 0.801. The van der Waals surface area contributed by atoms with Crippen LogP contribution >= 0.6 is 11.6 Å². The van der Waals surface area contributed by atoms with E-state index >= 15 is 0 Å². The first kappa shape index (κ1) is 10.7. The monoisotopic (exact) mass is 228 g/mol. The van der Waals surface area contributed by atoms with Crippen molar-refractivity contribution in [1.82, 2.24) is 4.98 Å². The molecule has 0 aromatic carbocycles. The highest BCUT2D eigenvalue weighted by Crippen LogP contribution is 2.44. The molecule has 0 spiro atoms. The Morgan fingerprint density at radius 2 is 2.33 bits per heavy atom. The van der Waals surface area contributed by atoms with E-state index in [9.17, 15) is 5.11 Å². The van der Waals surface area contributed by atoms with E-state index in [0.29, 0.717) is 29.2 Å². The molecular formula is C10H13ClN2O2. The Hall–Kier alpha value is -0.840. The number of ether oxygens (including phenoxy) is 1. The summed E-state index contributed by atoms with van der Waals surface area (Å²) in [5.41, 5.74) is 5.37. The average molecular weight is 229 g/mol. The molecule has 0 atom stereocenters. The summed E-state index contributed by atoms with van der Waals surface area (Å²) in [6.45, 7) is 0. The van der Waals surface area contributed by atoms with Gasteiger partial charge in [0.05, 0.1) is 16.7 Å². The van der Waals surface area contributed by atoms with Crippen LogP contribution in [0.15, 0.2) is 12.3 Å². The molecule has 5 heteroatoms. The third-order valence-electron chi connectivity index (χ3n) is 2.85. The van der Waals surface area contributed by atoms with E-state index in [1.165, 1.54) is 6.20 Å². The second kappa shape index (κ2) is 3.63. The lowest BCUT2D eigenvalue weighted by molar-refractivity contribution is -0.132. The molecule has 0 radical (unpaired) electrons. The van der Waals surface area contributed by atoms with Gasteiger partial charge >= 0.3 is 0 Å². The molecule has 0 unspecified atom stereocenters. The number of aliphatic hydroxyl groups is 1. The fourth-order valence-corrected chi connectivity index (χ4v) is 2.06. The van der Waals surface area contributed by atoms with Crippen LogP contribution in [0.4, 0.5) is 5.82 Å². The second-order valence-electron chi connectivity index (χ2n) is 3.88. The largest absolute Gasteiger partial charge is 0.385 e. The van der Waals surface area contributed by atoms with Crippen molar-refractivity contribution in [2.75, 3.05) is 12.8 Å². The maximum atomic E-state index is 10.2. The van der Waals surface area contributed by atoms with Crippen molar-refractivity contribution in [1.29, 1.82) is 0 Å². The molecule has 1 aliphatic carbocycles. The Morgan fingerprint density at radius 3 is 2.93 bits per heavy atom. The van der Waals surface area contributed by atoms with Crippen molar-refractivity contribution < 1.29 is 9.84 Å². The van der Waals surface area contributed by atoms with E-state index < -0.39 is 5.60 Å². The summed E-state index contributed by atoms with van der Waals surface area (Å²) < 4.78 is 5.12. The molecule has 0 bridgehead atoms. The average Bonchev–Trinajstić information content (AvgIpc) is 2.17. The molecule has 1 aromatic heterocycles. The zero-order valence-corrected chi connectivity index (χ0v) is 9.16. The number of pyridine rings is 1. The third kappa shape index (κ3) is 1.80. The van der Waals surface area contributed by atoms with Gasteiger partial charge in [0.1, 0.15) is 5.82 Å². The fraction of sp³-hybridized carbons (Fsp3) is 0.500. The van der Waals surface area contributed by atoms with Crippen LogP contribution in [0.1, 0.15) is 18.4 Å². The lowest BCUT2D eigenvalue weighted by Crippen LogP contribution is -2.45. The summed E-state index contributed by atoms with van der Waals surface area (Å²) >= 11 is 5.81. The van der Waals surface area contributed by atoms with Crippen molar-refractivity contribution in [3.63, 3.8) is 0 Å². The van der Waals surface area contributed by atoms with Crippen LogP contribution in [-0.2, 0) is 10.3 Å². The predicted octanol–water partition coefficient (Wildman–Crippen LogP) is 1.31. The molecule has 4 nitrogen and oxygen atoms in total. The number of nitrogens with two attached hydrogens (primary N) is 1. The molecule has 2 rings (SSSR count). The summed E-state index contributed by atoms with van der Waals surface area (Å²) in [7, 11) is 1.63. The van der Waals surface area contributed by atoms with E-state index in [2.05, 4.69) is 4.98 Å². The van der Waals surface area contributed by atoms with Crippen molar-refractivity contribution in [2.24, 2.45) is 0 Å². The van der Waals surface area contributed by atoms with E-state index in [-0.39, 0.29) is 6.10 Å². The van der Waals surface area contributed by atoms with Crippen LogP contribution in [0.2, 0.25) is 5.02 Å². The molecule has 15 heavy (non-hydrogen) atoms. The van der Waals surface area contributed by atoms with Crippen LogP contribution in [-0.4, -0.2) is 23.3 Å². The van der Waals surface area contributed by atoms with Gasteiger partial charge in [0.2, 0.25) is 0 Å². The Labute approximate surface area is 93.0 Å². The number of rotatable bonds is 2. The van der Waals surface area contributed by atoms with Crippen LogP contribution in [0.3, 0.4) is 0 Å². The highest BCUT2D eigenvalue weighted by molar-refractivity contribution is 6.30. The Bertz CT molecular complexity index is 378. The van der Waals surface area contributed by atoms with Gasteiger partial charge in [0, 0.05) is 31.7 Å². The smallest absolute Gasteiger partial charge is 0.129 e. The number of halogens is 1. The second-order valence-corrected chi connectivity index (χ2v) is 4.32. The molecule has 1 fully saturated rings. The topological polar surface area (TPSA) is 68.4 Å². The molecule has 1 saturated carbocycles. The van der Waals surface area contributed by atoms with Crippen molar-refractivity contribution in [3.05, 3.63) is 22.8 Å². The van der Waals surface area contributed by atoms with Crippen molar-refractivity contribution >= 4 is 17.4 Å². The molecular weight excluding hydrogens is 216 g/mol. The lowest BCUT2D eigenvalue weighted by Gasteiger charge is -2.43. The minimum Gasteiger partial charge on any atom is -0.385 e. The molecule has 1 aliphatic rings. The summed E-state index contributed by atoms with van der Waals surface area (Å²) in [5, 5.41) is 10.7. The van der Waals surface area contributed by atoms with Gasteiger partial charge in [-0.05, 0) is 6.07 Å². The van der Waals surface area contributed by atoms with Gasteiger partial charge in [-0.1, -0.05) is 11.6 Å². The number of aromatic nitrogens is 1. The number of hydrogen-bond donors (Lipinski definition) is 2. The number of nitrogens with zero attached hydrogens (tertiary/aromatic N) is 1. The Morgan fingerprint density at radius 1 is 1.67 bits per heavy atom. The molecule has 3 N–H and O–H groups in total. The molecule has 0 aliphatic heterocycles. The highest BCUT2D eigenvalue weighted by atomic mass is 35.5. The first-order valence-corrected chi connectivity index (χ1v) is 5.09. The van der Waals surface area contributed by atoms with Crippen molar-refractivity contribution in [2.45, 2.75) is 24.5 Å². The maximum Gasteiger partial charge on any atom is 0.129 e. The van der Waals surface area contributed by atoms with Crippen molar-refractivity contribution in [3.8, 4) is 0 Å². The van der Waals surface area contributed by atoms with Gasteiger partial charge in [-0.25, -0.2) is 4.98 Å². The van der Waals surface area contributed by atoms with Gasteiger partial charge in [-0.2, -0.15) is 0 Å². The molecule has 1 heterocycles. The predicted molar refractivity (Wildman–Crippen MR) is 57.6 cm³/mol. The van der Waals surface area contributed by atoms with E-state index in [4.69, 9.17) is 22.1 Å². The number of hydrogen-bond acceptors (Lipinski definition) is 4. The van der Waals surface area contributed by atoms with Gasteiger partial charge < -0.3 is 15.6 Å². The number of anilines is 1. The van der Waals surface area contributed by atoms with Gasteiger partial charge in [0.25, 0.3) is 0 Å². The minimum atomic E-state index is -0.928. The standard InChI is InChI=1S/C10H13ClN2O2/c1-15-7-3-10(14,4-7)8-2-6(11)5-13-9(8)12/h2,5,7,14H,3-4H2,1H3,(H2,12,13). The summed E-state index contributed by atoms with van der Waals surface area (Å²) in [6, 6.07) is 1.66. The van der Waals surface area contributed by atoms with Crippen LogP contribution in [0.5, 0.6) is 0 Å². The Balaban J connectivity index is 2.27. The highest BCUT2D eigenvalue weighted by Gasteiger charge is 2.45. The van der Waals surface area contributed by atoms with Gasteiger partial charge in [-0.3, -0.25) is 0 Å². The normalized spacial score (nSPS) is 29.9. The number of nitrogen functional groups attached to an aromatic ring is 1. The fourth-order valence-electron chi connectivity index (χ4n) is 1.90. The van der Waals surface area contributed by atoms with Crippen LogP contribution < -0.4 is 5.73 Å². The third-order valence-corrected chi connectivity index (χ3v) is 3.06. The minimum absolute atomic E-state index is 0.0911. The lowest BCUT2D eigenvalue weighted by atomic mass is 9.73. The zero-order chi connectivity index (χ0) is 11.1. The Kier molecular flexibility index (Phi) is 2.58. The molecule has 1 aromatic rings. The molecule has 0 amide bonds. The summed E-state index contributed by atoms with van der Waals surface area (Å²) in [6.07, 6.45) is 2.63. The first-order chi connectivity index (χ1) is 7.05. The molecule has 0 saturated heterocycles. The molecule has 82 valence electrons. The van der Waals surface area contributed by atoms with Gasteiger partial charge in [-0.15, -0.1) is 0 Å². The summed E-state index contributed by atoms with van der Waals surface area (Å²) in [4.78, 5) is 3.92. The maximum absolute atomic E-state index is 10.2. The van der Waals surface area contributed by atoms with E-state index in [0.717, 1.165) is 0 Å². The van der Waals surface area contributed by atoms with Gasteiger partial charge in [0.15, 0.2) is 0 Å². The first-order valence-electron chi connectivity index (χ1n) is 4.72. The van der Waals surface area contributed by atoms with E-state index in [1.807, 2.05) is 0 Å². The van der Waals surface area contributed by atoms with Crippen LogP contribution in [0, 0.1) is 0 Å².